The van der Waals surface area contributed by atoms with Gasteiger partial charge >= 0.3 is 0 Å². The van der Waals surface area contributed by atoms with E-state index < -0.39 is 0 Å². The van der Waals surface area contributed by atoms with Gasteiger partial charge in [0.25, 0.3) is 5.56 Å². The predicted molar refractivity (Wildman–Crippen MR) is 104 cm³/mol. The van der Waals surface area contributed by atoms with Crippen molar-refractivity contribution in [2.75, 3.05) is 31.6 Å². The lowest BCUT2D eigenvalue weighted by molar-refractivity contribution is 0.0342. The van der Waals surface area contributed by atoms with Crippen LogP contribution < -0.4 is 10.9 Å². The van der Waals surface area contributed by atoms with Crippen LogP contribution in [0.4, 0.5) is 11.6 Å². The zero-order valence-electron chi connectivity index (χ0n) is 15.0. The molecular formula is C19H22N6O2. The number of hydrogen-bond donors (Lipinski definition) is 2. The van der Waals surface area contributed by atoms with Crippen LogP contribution in [0.1, 0.15) is 5.56 Å². The van der Waals surface area contributed by atoms with Crippen molar-refractivity contribution in [1.82, 2.24) is 24.6 Å². The van der Waals surface area contributed by atoms with Crippen molar-refractivity contribution >= 4 is 22.7 Å². The lowest BCUT2D eigenvalue weighted by atomic mass is 10.2. The molecule has 1 saturated heterocycles. The highest BCUT2D eigenvalue weighted by Gasteiger charge is 2.11. The van der Waals surface area contributed by atoms with Crippen molar-refractivity contribution in [3.63, 3.8) is 0 Å². The van der Waals surface area contributed by atoms with E-state index >= 15 is 0 Å². The number of nitrogens with zero attached hydrogens (tertiary/aromatic N) is 4. The summed E-state index contributed by atoms with van der Waals surface area (Å²) < 4.78 is 6.84. The molecule has 8 heteroatoms. The number of fused-ring (bicyclic) bond motifs is 1. The van der Waals surface area contributed by atoms with Crippen LogP contribution in [-0.2, 0) is 17.8 Å². The molecular weight excluding hydrogens is 344 g/mol. The Morgan fingerprint density at radius 2 is 2.04 bits per heavy atom. The van der Waals surface area contributed by atoms with Crippen LogP contribution in [0.3, 0.4) is 0 Å². The monoisotopic (exact) mass is 366 g/mol. The number of anilines is 2. The van der Waals surface area contributed by atoms with E-state index in [1.165, 1.54) is 16.4 Å². The van der Waals surface area contributed by atoms with Crippen LogP contribution in [0.25, 0.3) is 11.0 Å². The Balaban J connectivity index is 1.46. The summed E-state index contributed by atoms with van der Waals surface area (Å²) in [5, 5.41) is 6.61. The Morgan fingerprint density at radius 1 is 1.26 bits per heavy atom. The summed E-state index contributed by atoms with van der Waals surface area (Å²) in [7, 11) is 0. The molecule has 8 nitrogen and oxygen atoms in total. The fourth-order valence-corrected chi connectivity index (χ4v) is 3.11. The van der Waals surface area contributed by atoms with E-state index in [4.69, 9.17) is 4.74 Å². The average Bonchev–Trinajstić information content (AvgIpc) is 3.00. The molecule has 0 amide bonds. The first kappa shape index (κ1) is 17.4. The van der Waals surface area contributed by atoms with Crippen LogP contribution in [0.15, 0.2) is 47.9 Å². The van der Waals surface area contributed by atoms with Crippen LogP contribution in [-0.4, -0.2) is 51.0 Å². The number of rotatable bonds is 6. The predicted octanol–water partition coefficient (Wildman–Crippen LogP) is 1.88. The normalized spacial score (nSPS) is 15.1. The second-order valence-electron chi connectivity index (χ2n) is 6.48. The number of hydrogen-bond acceptors (Lipinski definition) is 6. The number of benzene rings is 1. The Hall–Kier alpha value is -2.97. The van der Waals surface area contributed by atoms with Crippen molar-refractivity contribution < 1.29 is 4.74 Å². The van der Waals surface area contributed by atoms with Gasteiger partial charge in [-0.3, -0.25) is 14.8 Å². The van der Waals surface area contributed by atoms with E-state index in [0.29, 0.717) is 23.5 Å². The number of morpholine rings is 1. The van der Waals surface area contributed by atoms with Gasteiger partial charge in [0.15, 0.2) is 5.65 Å². The third kappa shape index (κ3) is 3.91. The molecule has 4 rings (SSSR count). The fourth-order valence-electron chi connectivity index (χ4n) is 3.11. The lowest BCUT2D eigenvalue weighted by Crippen LogP contribution is -2.35. The average molecular weight is 366 g/mol. The van der Waals surface area contributed by atoms with E-state index in [2.05, 4.69) is 44.0 Å². The molecule has 0 radical (unpaired) electrons. The zero-order chi connectivity index (χ0) is 18.6. The van der Waals surface area contributed by atoms with Crippen molar-refractivity contribution in [3.05, 3.63) is 59.0 Å². The molecule has 1 aliphatic rings. The van der Waals surface area contributed by atoms with Crippen molar-refractivity contribution in [2.24, 2.45) is 0 Å². The summed E-state index contributed by atoms with van der Waals surface area (Å²) in [4.78, 5) is 23.2. The fraction of sp³-hybridized carbons (Fsp3) is 0.316. The van der Waals surface area contributed by atoms with Gasteiger partial charge < -0.3 is 10.1 Å². The molecule has 140 valence electrons. The van der Waals surface area contributed by atoms with E-state index in [1.54, 1.807) is 6.08 Å². The van der Waals surface area contributed by atoms with Crippen LogP contribution in [0.5, 0.6) is 0 Å². The SMILES string of the molecule is C=CCn1[nH]c2nc(Nc3ccc(CN4CCOCC4)cc3)ncc2c1=O. The summed E-state index contributed by atoms with van der Waals surface area (Å²) in [5.74, 6) is 0.440. The number of aromatic amines is 1. The van der Waals surface area contributed by atoms with Crippen molar-refractivity contribution in [3.8, 4) is 0 Å². The third-order valence-electron chi connectivity index (χ3n) is 4.54. The van der Waals surface area contributed by atoms with Gasteiger partial charge in [0.2, 0.25) is 5.95 Å². The highest BCUT2D eigenvalue weighted by molar-refractivity contribution is 5.74. The first-order valence-corrected chi connectivity index (χ1v) is 8.95. The largest absolute Gasteiger partial charge is 0.379 e. The molecule has 0 saturated carbocycles. The topological polar surface area (TPSA) is 88.1 Å². The molecule has 1 fully saturated rings. The molecule has 3 heterocycles. The molecule has 2 aromatic heterocycles. The minimum atomic E-state index is -0.149. The number of ether oxygens (including phenoxy) is 1. The summed E-state index contributed by atoms with van der Waals surface area (Å²) in [5.41, 5.74) is 2.50. The van der Waals surface area contributed by atoms with E-state index in [9.17, 15) is 4.79 Å². The van der Waals surface area contributed by atoms with Gasteiger partial charge in [-0.25, -0.2) is 9.67 Å². The molecule has 1 aromatic carbocycles. The van der Waals surface area contributed by atoms with Gasteiger partial charge in [-0.1, -0.05) is 18.2 Å². The van der Waals surface area contributed by atoms with Gasteiger partial charge in [0.05, 0.1) is 19.8 Å². The third-order valence-corrected chi connectivity index (χ3v) is 4.54. The number of aromatic nitrogens is 4. The molecule has 1 aliphatic heterocycles. The number of H-pyrrole nitrogens is 1. The maximum Gasteiger partial charge on any atom is 0.277 e. The van der Waals surface area contributed by atoms with Crippen molar-refractivity contribution in [1.29, 1.82) is 0 Å². The van der Waals surface area contributed by atoms with E-state index in [-0.39, 0.29) is 5.56 Å². The zero-order valence-corrected chi connectivity index (χ0v) is 15.0. The Labute approximate surface area is 156 Å². The highest BCUT2D eigenvalue weighted by atomic mass is 16.5. The summed E-state index contributed by atoms with van der Waals surface area (Å²) in [6, 6.07) is 8.21. The Kier molecular flexibility index (Phi) is 4.99. The molecule has 0 spiro atoms. The second-order valence-corrected chi connectivity index (χ2v) is 6.48. The molecule has 0 unspecified atom stereocenters. The van der Waals surface area contributed by atoms with Gasteiger partial charge in [-0.05, 0) is 17.7 Å². The minimum Gasteiger partial charge on any atom is -0.379 e. The lowest BCUT2D eigenvalue weighted by Gasteiger charge is -2.26. The van der Waals surface area contributed by atoms with Gasteiger partial charge in [0.1, 0.15) is 5.39 Å². The molecule has 27 heavy (non-hydrogen) atoms. The van der Waals surface area contributed by atoms with Crippen LogP contribution in [0, 0.1) is 0 Å². The first-order chi connectivity index (χ1) is 13.2. The van der Waals surface area contributed by atoms with Crippen LogP contribution in [0.2, 0.25) is 0 Å². The second kappa shape index (κ2) is 7.73. The van der Waals surface area contributed by atoms with Gasteiger partial charge in [-0.15, -0.1) is 6.58 Å². The Morgan fingerprint density at radius 3 is 2.78 bits per heavy atom. The molecule has 0 atom stereocenters. The first-order valence-electron chi connectivity index (χ1n) is 8.95. The smallest absolute Gasteiger partial charge is 0.277 e. The molecule has 3 aromatic rings. The van der Waals surface area contributed by atoms with E-state index in [1.807, 2.05) is 12.1 Å². The quantitative estimate of drug-likeness (QED) is 0.648. The standard InChI is InChI=1S/C19H22N6O2/c1-2-7-25-18(26)16-12-20-19(22-17(16)23-25)21-15-5-3-14(4-6-15)13-24-8-10-27-11-9-24/h2-6,12H,1,7-11,13H2,(H2,20,21,22,23). The maximum atomic E-state index is 12.2. The van der Waals surface area contributed by atoms with Gasteiger partial charge in [-0.2, -0.15) is 4.98 Å². The molecule has 2 N–H and O–H groups in total. The highest BCUT2D eigenvalue weighted by Crippen LogP contribution is 2.16. The molecule has 0 bridgehead atoms. The van der Waals surface area contributed by atoms with Crippen molar-refractivity contribution in [2.45, 2.75) is 13.1 Å². The Bertz CT molecular complexity index is 986. The summed E-state index contributed by atoms with van der Waals surface area (Å²) in [6.07, 6.45) is 3.19. The summed E-state index contributed by atoms with van der Waals surface area (Å²) >= 11 is 0. The number of nitrogens with one attached hydrogen (secondary N) is 2. The summed E-state index contributed by atoms with van der Waals surface area (Å²) in [6.45, 7) is 8.52. The molecule has 0 aliphatic carbocycles. The van der Waals surface area contributed by atoms with Crippen LogP contribution >= 0.6 is 0 Å². The van der Waals surface area contributed by atoms with Gasteiger partial charge in [0, 0.05) is 31.5 Å². The number of allylic oxidation sites excluding steroid dienone is 1. The minimum absolute atomic E-state index is 0.149. The maximum absolute atomic E-state index is 12.2. The van der Waals surface area contributed by atoms with E-state index in [0.717, 1.165) is 38.5 Å².